The van der Waals surface area contributed by atoms with Gasteiger partial charge in [-0.1, -0.05) is 70.5 Å². The molecule has 3 aromatic rings. The molecular weight excluding hydrogens is 374 g/mol. The SMILES string of the molecule is Brc1cc2c(c3ccccc13)N1O[C@@H](C2)C[C@H]1CCc1ccccc1. The Bertz CT molecular complexity index is 924. The van der Waals surface area contributed by atoms with Gasteiger partial charge in [-0.3, -0.25) is 4.84 Å². The Labute approximate surface area is 156 Å². The minimum Gasteiger partial charge on any atom is -0.269 e. The smallest absolute Gasteiger partial charge is 0.0918 e. The third-order valence-corrected chi connectivity index (χ3v) is 6.11. The molecule has 1 fully saturated rings. The minimum absolute atomic E-state index is 0.321. The lowest BCUT2D eigenvalue weighted by Crippen LogP contribution is -2.32. The van der Waals surface area contributed by atoms with Crippen molar-refractivity contribution in [1.82, 2.24) is 0 Å². The Morgan fingerprint density at radius 1 is 1.00 bits per heavy atom. The van der Waals surface area contributed by atoms with Crippen molar-refractivity contribution >= 4 is 32.4 Å². The molecule has 0 radical (unpaired) electrons. The molecule has 3 aromatic carbocycles. The summed E-state index contributed by atoms with van der Waals surface area (Å²) in [5.74, 6) is 0. The van der Waals surface area contributed by atoms with Crippen molar-refractivity contribution in [3.63, 3.8) is 0 Å². The van der Waals surface area contributed by atoms with E-state index in [0.29, 0.717) is 12.1 Å². The van der Waals surface area contributed by atoms with Crippen LogP contribution in [-0.2, 0) is 17.7 Å². The van der Waals surface area contributed by atoms with Gasteiger partial charge in [0.25, 0.3) is 0 Å². The van der Waals surface area contributed by atoms with Crippen LogP contribution < -0.4 is 5.06 Å². The molecule has 0 N–H and O–H groups in total. The van der Waals surface area contributed by atoms with Crippen LogP contribution in [0.1, 0.15) is 24.0 Å². The van der Waals surface area contributed by atoms with Gasteiger partial charge in [0.05, 0.1) is 17.8 Å². The van der Waals surface area contributed by atoms with Crippen LogP contribution >= 0.6 is 15.9 Å². The van der Waals surface area contributed by atoms with Crippen LogP contribution in [0, 0.1) is 0 Å². The molecule has 2 aliphatic heterocycles. The Morgan fingerprint density at radius 2 is 1.76 bits per heavy atom. The van der Waals surface area contributed by atoms with Crippen molar-refractivity contribution in [2.24, 2.45) is 0 Å². The standard InChI is InChI=1S/C22H20BrNO/c23-21-13-16-12-18-14-17(11-10-15-6-2-1-3-7-15)24(25-18)22(16)20-9-5-4-8-19(20)21/h1-9,13,17-18H,10-12,14H2/t17-,18+/m1/s1. The zero-order valence-electron chi connectivity index (χ0n) is 14.0. The van der Waals surface area contributed by atoms with E-state index in [9.17, 15) is 0 Å². The first kappa shape index (κ1) is 15.4. The van der Waals surface area contributed by atoms with Gasteiger partial charge < -0.3 is 0 Å². The summed E-state index contributed by atoms with van der Waals surface area (Å²) in [6.07, 6.45) is 4.68. The van der Waals surface area contributed by atoms with Gasteiger partial charge in [-0.15, -0.1) is 0 Å². The van der Waals surface area contributed by atoms with E-state index in [2.05, 4.69) is 81.7 Å². The van der Waals surface area contributed by atoms with Crippen molar-refractivity contribution in [3.8, 4) is 0 Å². The highest BCUT2D eigenvalue weighted by Gasteiger charge is 2.40. The summed E-state index contributed by atoms with van der Waals surface area (Å²) < 4.78 is 1.19. The molecule has 0 saturated carbocycles. The van der Waals surface area contributed by atoms with Crippen LogP contribution in [-0.4, -0.2) is 12.1 Å². The summed E-state index contributed by atoms with van der Waals surface area (Å²) in [6, 6.07) is 22.1. The van der Waals surface area contributed by atoms with Crippen LogP contribution in [0.3, 0.4) is 0 Å². The van der Waals surface area contributed by atoms with Gasteiger partial charge in [0.1, 0.15) is 0 Å². The summed E-state index contributed by atoms with van der Waals surface area (Å²) in [5.41, 5.74) is 4.10. The van der Waals surface area contributed by atoms with E-state index in [1.54, 1.807) is 0 Å². The molecule has 0 aliphatic carbocycles. The highest BCUT2D eigenvalue weighted by molar-refractivity contribution is 9.10. The number of rotatable bonds is 3. The van der Waals surface area contributed by atoms with Crippen molar-refractivity contribution in [1.29, 1.82) is 0 Å². The first-order chi connectivity index (χ1) is 12.3. The highest BCUT2D eigenvalue weighted by Crippen LogP contribution is 2.45. The molecule has 126 valence electrons. The summed E-state index contributed by atoms with van der Waals surface area (Å²) in [4.78, 5) is 6.29. The molecule has 0 spiro atoms. The number of hydrogen-bond acceptors (Lipinski definition) is 2. The van der Waals surface area contributed by atoms with E-state index in [1.165, 1.54) is 32.1 Å². The van der Waals surface area contributed by atoms with Gasteiger partial charge in [-0.05, 0) is 41.8 Å². The summed E-state index contributed by atoms with van der Waals surface area (Å²) in [7, 11) is 0. The number of halogens is 1. The van der Waals surface area contributed by atoms with E-state index in [4.69, 9.17) is 4.84 Å². The molecule has 25 heavy (non-hydrogen) atoms. The van der Waals surface area contributed by atoms with Gasteiger partial charge in [0, 0.05) is 16.3 Å². The van der Waals surface area contributed by atoms with Gasteiger partial charge in [0.15, 0.2) is 0 Å². The zero-order chi connectivity index (χ0) is 16.8. The quantitative estimate of drug-likeness (QED) is 0.568. The lowest BCUT2D eigenvalue weighted by Gasteiger charge is -2.31. The number of aryl methyl sites for hydroxylation is 1. The topological polar surface area (TPSA) is 12.5 Å². The van der Waals surface area contributed by atoms with Crippen LogP contribution in [0.4, 0.5) is 5.69 Å². The lowest BCUT2D eigenvalue weighted by atomic mass is 9.99. The average molecular weight is 394 g/mol. The van der Waals surface area contributed by atoms with E-state index in [1.807, 2.05) is 0 Å². The van der Waals surface area contributed by atoms with Crippen LogP contribution in [0.25, 0.3) is 10.8 Å². The monoisotopic (exact) mass is 393 g/mol. The number of anilines is 1. The molecule has 2 heterocycles. The highest BCUT2D eigenvalue weighted by atomic mass is 79.9. The Hall–Kier alpha value is -1.84. The summed E-state index contributed by atoms with van der Waals surface area (Å²) in [6.45, 7) is 0. The fraction of sp³-hybridized carbons (Fsp3) is 0.273. The molecule has 1 saturated heterocycles. The Balaban J connectivity index is 1.50. The Kier molecular flexibility index (Phi) is 3.79. The first-order valence-corrected chi connectivity index (χ1v) is 9.79. The molecule has 2 nitrogen and oxygen atoms in total. The molecule has 5 rings (SSSR count). The van der Waals surface area contributed by atoms with Crippen molar-refractivity contribution in [2.45, 2.75) is 37.8 Å². The lowest BCUT2D eigenvalue weighted by molar-refractivity contribution is 0.0737. The van der Waals surface area contributed by atoms with Gasteiger partial charge in [-0.25, -0.2) is 5.06 Å². The number of benzene rings is 3. The molecule has 2 bridgehead atoms. The predicted molar refractivity (Wildman–Crippen MR) is 106 cm³/mol. The largest absolute Gasteiger partial charge is 0.269 e. The Morgan fingerprint density at radius 3 is 2.60 bits per heavy atom. The molecule has 3 heteroatoms. The third kappa shape index (κ3) is 2.66. The minimum atomic E-state index is 0.321. The number of hydroxylamine groups is 1. The summed E-state index contributed by atoms with van der Waals surface area (Å²) >= 11 is 3.75. The fourth-order valence-corrected chi connectivity index (χ4v) is 4.91. The third-order valence-electron chi connectivity index (χ3n) is 5.45. The second kappa shape index (κ2) is 6.15. The van der Waals surface area contributed by atoms with Crippen molar-refractivity contribution in [3.05, 3.63) is 76.3 Å². The van der Waals surface area contributed by atoms with Crippen LogP contribution in [0.15, 0.2) is 65.1 Å². The second-order valence-electron chi connectivity index (χ2n) is 7.08. The maximum absolute atomic E-state index is 6.29. The number of nitrogens with zero attached hydrogens (tertiary/aromatic N) is 1. The first-order valence-electron chi connectivity index (χ1n) is 8.99. The number of hydrogen-bond donors (Lipinski definition) is 0. The van der Waals surface area contributed by atoms with E-state index in [0.717, 1.165) is 25.7 Å². The maximum Gasteiger partial charge on any atom is 0.0918 e. The van der Waals surface area contributed by atoms with Gasteiger partial charge >= 0.3 is 0 Å². The fourth-order valence-electron chi connectivity index (χ4n) is 4.29. The van der Waals surface area contributed by atoms with E-state index >= 15 is 0 Å². The molecule has 2 atom stereocenters. The molecular formula is C22H20BrNO. The molecule has 0 amide bonds. The maximum atomic E-state index is 6.29. The predicted octanol–water partition coefficient (Wildman–Crippen LogP) is 5.67. The molecule has 0 aromatic heterocycles. The summed E-state index contributed by atoms with van der Waals surface area (Å²) in [5, 5.41) is 4.77. The van der Waals surface area contributed by atoms with Crippen molar-refractivity contribution < 1.29 is 4.84 Å². The van der Waals surface area contributed by atoms with Gasteiger partial charge in [0.2, 0.25) is 0 Å². The van der Waals surface area contributed by atoms with Crippen molar-refractivity contribution in [2.75, 3.05) is 5.06 Å². The van der Waals surface area contributed by atoms with Gasteiger partial charge in [-0.2, -0.15) is 0 Å². The number of fused-ring (bicyclic) bond motifs is 6. The molecule has 0 unspecified atom stereocenters. The molecule has 2 aliphatic rings. The zero-order valence-corrected chi connectivity index (χ0v) is 15.6. The van der Waals surface area contributed by atoms with E-state index < -0.39 is 0 Å². The second-order valence-corrected chi connectivity index (χ2v) is 7.94. The average Bonchev–Trinajstić information content (AvgIpc) is 2.97. The van der Waals surface area contributed by atoms with Crippen LogP contribution in [0.5, 0.6) is 0 Å². The van der Waals surface area contributed by atoms with Crippen LogP contribution in [0.2, 0.25) is 0 Å². The van der Waals surface area contributed by atoms with E-state index in [-0.39, 0.29) is 0 Å². The normalized spacial score (nSPS) is 21.6.